The molecule has 2 aliphatic rings. The molecule has 1 saturated heterocycles. The molecule has 0 radical (unpaired) electrons. The van der Waals surface area contributed by atoms with E-state index in [9.17, 15) is 9.90 Å². The summed E-state index contributed by atoms with van der Waals surface area (Å²) in [6, 6.07) is 0.0983. The van der Waals surface area contributed by atoms with Gasteiger partial charge in [-0.3, -0.25) is 4.79 Å². The van der Waals surface area contributed by atoms with Crippen molar-refractivity contribution in [1.29, 1.82) is 0 Å². The van der Waals surface area contributed by atoms with Crippen molar-refractivity contribution in [1.82, 2.24) is 4.90 Å². The van der Waals surface area contributed by atoms with Crippen molar-refractivity contribution < 1.29 is 9.90 Å². The van der Waals surface area contributed by atoms with Gasteiger partial charge < -0.3 is 10.0 Å². The van der Waals surface area contributed by atoms with Crippen LogP contribution in [0.1, 0.15) is 32.6 Å². The van der Waals surface area contributed by atoms with Crippen LogP contribution in [0.4, 0.5) is 0 Å². The predicted molar refractivity (Wildman–Crippen MR) is 49.1 cm³/mol. The average molecular weight is 183 g/mol. The van der Waals surface area contributed by atoms with Crippen molar-refractivity contribution >= 4 is 6.41 Å². The minimum Gasteiger partial charge on any atom is -0.388 e. The lowest BCUT2D eigenvalue weighted by molar-refractivity contribution is -0.126. The number of aliphatic hydroxyl groups is 1. The first-order valence-electron chi connectivity index (χ1n) is 5.09. The highest BCUT2D eigenvalue weighted by Crippen LogP contribution is 2.44. The smallest absolute Gasteiger partial charge is 0.210 e. The first-order chi connectivity index (χ1) is 6.15. The first kappa shape index (κ1) is 9.00. The summed E-state index contributed by atoms with van der Waals surface area (Å²) in [5.74, 6) is 0.587. The van der Waals surface area contributed by atoms with E-state index in [2.05, 4.69) is 6.92 Å². The fourth-order valence-electron chi connectivity index (χ4n) is 2.34. The Kier molecular flexibility index (Phi) is 2.06. The van der Waals surface area contributed by atoms with E-state index in [-0.39, 0.29) is 6.04 Å². The van der Waals surface area contributed by atoms with Crippen molar-refractivity contribution in [2.45, 2.75) is 44.2 Å². The van der Waals surface area contributed by atoms with Gasteiger partial charge in [-0.25, -0.2) is 0 Å². The number of hydrogen-bond acceptors (Lipinski definition) is 2. The summed E-state index contributed by atoms with van der Waals surface area (Å²) in [6.45, 7) is 2.97. The van der Waals surface area contributed by atoms with Gasteiger partial charge in [0.1, 0.15) is 0 Å². The third-order valence-electron chi connectivity index (χ3n) is 3.37. The normalized spacial score (nSPS) is 37.2. The number of hydrogen-bond donors (Lipinski definition) is 1. The molecule has 2 atom stereocenters. The lowest BCUT2D eigenvalue weighted by Crippen LogP contribution is -2.49. The number of amides is 1. The highest BCUT2D eigenvalue weighted by molar-refractivity contribution is 5.49. The van der Waals surface area contributed by atoms with Crippen LogP contribution >= 0.6 is 0 Å². The Morgan fingerprint density at radius 1 is 1.46 bits per heavy atom. The summed E-state index contributed by atoms with van der Waals surface area (Å²) in [5, 5.41) is 9.94. The Labute approximate surface area is 78.7 Å². The first-order valence-corrected chi connectivity index (χ1v) is 5.09. The van der Waals surface area contributed by atoms with Gasteiger partial charge in [-0.2, -0.15) is 0 Å². The van der Waals surface area contributed by atoms with Gasteiger partial charge in [-0.15, -0.1) is 0 Å². The quantitative estimate of drug-likeness (QED) is 0.642. The molecule has 0 aromatic rings. The Hall–Kier alpha value is -0.570. The van der Waals surface area contributed by atoms with Crippen molar-refractivity contribution in [2.75, 3.05) is 6.54 Å². The lowest BCUT2D eigenvalue weighted by Gasteiger charge is -2.39. The third kappa shape index (κ3) is 1.57. The molecule has 2 fully saturated rings. The third-order valence-corrected chi connectivity index (χ3v) is 3.37. The van der Waals surface area contributed by atoms with Crippen LogP contribution in [0.25, 0.3) is 0 Å². The summed E-state index contributed by atoms with van der Waals surface area (Å²) in [5.41, 5.74) is -0.527. The van der Waals surface area contributed by atoms with Gasteiger partial charge >= 0.3 is 0 Å². The molecule has 1 heterocycles. The van der Waals surface area contributed by atoms with Crippen LogP contribution in [0.15, 0.2) is 0 Å². The number of piperidine rings is 1. The van der Waals surface area contributed by atoms with Gasteiger partial charge in [0.15, 0.2) is 0 Å². The molecule has 1 aliphatic heterocycles. The number of carbonyl (C=O) groups is 1. The molecule has 1 saturated carbocycles. The Morgan fingerprint density at radius 3 is 2.69 bits per heavy atom. The second-order valence-corrected chi connectivity index (χ2v) is 4.60. The van der Waals surface area contributed by atoms with Crippen LogP contribution in [-0.2, 0) is 4.79 Å². The molecule has 2 unspecified atom stereocenters. The Bertz CT molecular complexity index is 213. The molecule has 3 nitrogen and oxygen atoms in total. The fourth-order valence-corrected chi connectivity index (χ4v) is 2.34. The molecule has 0 aromatic carbocycles. The van der Waals surface area contributed by atoms with Crippen molar-refractivity contribution in [3.63, 3.8) is 0 Å². The van der Waals surface area contributed by atoms with E-state index in [0.717, 1.165) is 38.6 Å². The molecule has 0 spiro atoms. The minimum absolute atomic E-state index is 0.0983. The summed E-state index contributed by atoms with van der Waals surface area (Å²) in [4.78, 5) is 12.6. The number of nitrogens with zero attached hydrogens (tertiary/aromatic N) is 1. The van der Waals surface area contributed by atoms with Crippen LogP contribution in [0.2, 0.25) is 0 Å². The van der Waals surface area contributed by atoms with E-state index in [4.69, 9.17) is 0 Å². The topological polar surface area (TPSA) is 40.5 Å². The van der Waals surface area contributed by atoms with E-state index < -0.39 is 5.60 Å². The average Bonchev–Trinajstić information content (AvgIpc) is 2.84. The van der Waals surface area contributed by atoms with Crippen molar-refractivity contribution in [3.8, 4) is 0 Å². The molecule has 0 aromatic heterocycles. The lowest BCUT2D eigenvalue weighted by atomic mass is 9.90. The van der Waals surface area contributed by atoms with Gasteiger partial charge in [0, 0.05) is 6.54 Å². The highest BCUT2D eigenvalue weighted by Gasteiger charge is 2.50. The van der Waals surface area contributed by atoms with Gasteiger partial charge in [0.05, 0.1) is 11.6 Å². The monoisotopic (exact) mass is 183 g/mol. The van der Waals surface area contributed by atoms with E-state index in [1.54, 1.807) is 4.90 Å². The SMILES string of the molecule is CC1CCC(C2(O)CC2)N(C=O)C1. The molecule has 13 heavy (non-hydrogen) atoms. The van der Waals surface area contributed by atoms with Crippen molar-refractivity contribution in [3.05, 3.63) is 0 Å². The predicted octanol–water partition coefficient (Wildman–Crippen LogP) is 0.768. The maximum atomic E-state index is 10.8. The molecule has 2 rings (SSSR count). The number of rotatable bonds is 2. The largest absolute Gasteiger partial charge is 0.388 e. The summed E-state index contributed by atoms with van der Waals surface area (Å²) < 4.78 is 0. The zero-order valence-corrected chi connectivity index (χ0v) is 8.07. The fraction of sp³-hybridized carbons (Fsp3) is 0.900. The summed E-state index contributed by atoms with van der Waals surface area (Å²) in [7, 11) is 0. The van der Waals surface area contributed by atoms with E-state index in [0.29, 0.717) is 5.92 Å². The van der Waals surface area contributed by atoms with E-state index >= 15 is 0 Å². The molecular formula is C10H17NO2. The summed E-state index contributed by atoms with van der Waals surface area (Å²) >= 11 is 0. The van der Waals surface area contributed by atoms with Gasteiger partial charge in [0.25, 0.3) is 0 Å². The zero-order chi connectivity index (χ0) is 9.47. The van der Waals surface area contributed by atoms with Crippen LogP contribution < -0.4 is 0 Å². The minimum atomic E-state index is -0.527. The molecule has 1 aliphatic carbocycles. The van der Waals surface area contributed by atoms with E-state index in [1.807, 2.05) is 0 Å². The zero-order valence-electron chi connectivity index (χ0n) is 8.07. The molecule has 1 N–H and O–H groups in total. The Balaban J connectivity index is 2.05. The standard InChI is InChI=1S/C10H17NO2/c1-8-2-3-9(10(13)4-5-10)11(6-8)7-12/h7-9,13H,2-6H2,1H3. The second kappa shape index (κ2) is 2.98. The van der Waals surface area contributed by atoms with Gasteiger partial charge in [0.2, 0.25) is 6.41 Å². The van der Waals surface area contributed by atoms with Crippen molar-refractivity contribution in [2.24, 2.45) is 5.92 Å². The maximum absolute atomic E-state index is 10.8. The van der Waals surface area contributed by atoms with Crippen LogP contribution in [0.5, 0.6) is 0 Å². The van der Waals surface area contributed by atoms with E-state index in [1.165, 1.54) is 0 Å². The van der Waals surface area contributed by atoms with Gasteiger partial charge in [-0.05, 0) is 31.6 Å². The molecule has 74 valence electrons. The maximum Gasteiger partial charge on any atom is 0.210 e. The number of likely N-dealkylation sites (tertiary alicyclic amines) is 1. The second-order valence-electron chi connectivity index (χ2n) is 4.60. The van der Waals surface area contributed by atoms with Crippen LogP contribution in [0.3, 0.4) is 0 Å². The van der Waals surface area contributed by atoms with Crippen LogP contribution in [0, 0.1) is 5.92 Å². The summed E-state index contributed by atoms with van der Waals surface area (Å²) in [6.07, 6.45) is 4.75. The van der Waals surface area contributed by atoms with Gasteiger partial charge in [-0.1, -0.05) is 6.92 Å². The molecule has 0 bridgehead atoms. The molecular weight excluding hydrogens is 166 g/mol. The molecule has 1 amide bonds. The highest BCUT2D eigenvalue weighted by atomic mass is 16.3. The van der Waals surface area contributed by atoms with Crippen LogP contribution in [-0.4, -0.2) is 34.6 Å². The molecule has 3 heteroatoms. The number of carbonyl (C=O) groups excluding carboxylic acids is 1. The Morgan fingerprint density at radius 2 is 2.15 bits per heavy atom.